The summed E-state index contributed by atoms with van der Waals surface area (Å²) in [5, 5.41) is 2.67. The standard InChI is InChI=1S/C20H21NO5/c1-13-4-7-17(10-14(13)2)21-19(23)11-26-20(24)12-25-18-8-5-16(6-9-18)15(3)22/h4-10H,11-12H2,1-3H3,(H,21,23). The molecule has 2 aromatic rings. The lowest BCUT2D eigenvalue weighted by atomic mass is 10.1. The first kappa shape index (κ1) is 19.2. The molecule has 1 amide bonds. The molecule has 0 aliphatic rings. The molecule has 0 atom stereocenters. The maximum absolute atomic E-state index is 11.8. The Morgan fingerprint density at radius 3 is 2.23 bits per heavy atom. The largest absolute Gasteiger partial charge is 0.482 e. The van der Waals surface area contributed by atoms with Crippen molar-refractivity contribution in [2.24, 2.45) is 0 Å². The molecule has 0 saturated heterocycles. The van der Waals surface area contributed by atoms with Crippen LogP contribution in [0.4, 0.5) is 5.69 Å². The van der Waals surface area contributed by atoms with Gasteiger partial charge in [-0.2, -0.15) is 0 Å². The number of carbonyl (C=O) groups is 3. The molecule has 0 saturated carbocycles. The highest BCUT2D eigenvalue weighted by atomic mass is 16.6. The second kappa shape index (κ2) is 8.80. The van der Waals surface area contributed by atoms with Gasteiger partial charge in [-0.25, -0.2) is 4.79 Å². The first-order chi connectivity index (χ1) is 12.3. The average molecular weight is 355 g/mol. The van der Waals surface area contributed by atoms with Crippen LogP contribution in [0.2, 0.25) is 0 Å². The third-order valence-electron chi connectivity index (χ3n) is 3.77. The highest BCUT2D eigenvalue weighted by molar-refractivity contribution is 5.94. The molecule has 6 nitrogen and oxygen atoms in total. The smallest absolute Gasteiger partial charge is 0.344 e. The Hall–Kier alpha value is -3.15. The van der Waals surface area contributed by atoms with Crippen LogP contribution >= 0.6 is 0 Å². The van der Waals surface area contributed by atoms with Gasteiger partial charge in [0.25, 0.3) is 5.91 Å². The number of Topliss-reactive ketones (excluding diaryl/α,β-unsaturated/α-hetero) is 1. The van der Waals surface area contributed by atoms with Gasteiger partial charge in [0.05, 0.1) is 0 Å². The third kappa shape index (κ3) is 5.73. The molecule has 0 unspecified atom stereocenters. The van der Waals surface area contributed by atoms with Gasteiger partial charge in [-0.1, -0.05) is 6.07 Å². The normalized spacial score (nSPS) is 10.1. The number of carbonyl (C=O) groups excluding carboxylic acids is 3. The number of hydrogen-bond donors (Lipinski definition) is 1. The van der Waals surface area contributed by atoms with Crippen molar-refractivity contribution in [3.05, 3.63) is 59.2 Å². The molecule has 0 aliphatic heterocycles. The predicted octanol–water partition coefficient (Wildman–Crippen LogP) is 3.07. The predicted molar refractivity (Wildman–Crippen MR) is 97.4 cm³/mol. The quantitative estimate of drug-likeness (QED) is 0.610. The number of anilines is 1. The maximum Gasteiger partial charge on any atom is 0.344 e. The molecule has 0 bridgehead atoms. The Morgan fingerprint density at radius 1 is 0.923 bits per heavy atom. The van der Waals surface area contributed by atoms with Gasteiger partial charge in [-0.15, -0.1) is 0 Å². The summed E-state index contributed by atoms with van der Waals surface area (Å²) >= 11 is 0. The molecular formula is C20H21NO5. The zero-order valence-corrected chi connectivity index (χ0v) is 15.0. The van der Waals surface area contributed by atoms with Crippen LogP contribution in [0, 0.1) is 13.8 Å². The number of amides is 1. The van der Waals surface area contributed by atoms with Gasteiger partial charge in [0.1, 0.15) is 5.75 Å². The van der Waals surface area contributed by atoms with Crippen LogP contribution in [0.25, 0.3) is 0 Å². The monoisotopic (exact) mass is 355 g/mol. The highest BCUT2D eigenvalue weighted by Crippen LogP contribution is 2.14. The molecule has 0 aromatic heterocycles. The first-order valence-electron chi connectivity index (χ1n) is 8.11. The zero-order chi connectivity index (χ0) is 19.1. The van der Waals surface area contributed by atoms with Crippen molar-refractivity contribution in [3.63, 3.8) is 0 Å². The number of aryl methyl sites for hydroxylation is 2. The SMILES string of the molecule is CC(=O)c1ccc(OCC(=O)OCC(=O)Nc2ccc(C)c(C)c2)cc1. The van der Waals surface area contributed by atoms with E-state index in [-0.39, 0.29) is 12.4 Å². The molecular weight excluding hydrogens is 334 g/mol. The molecule has 2 rings (SSSR count). The number of hydrogen-bond acceptors (Lipinski definition) is 5. The number of nitrogens with one attached hydrogen (secondary N) is 1. The Bertz CT molecular complexity index is 811. The lowest BCUT2D eigenvalue weighted by Gasteiger charge is -2.09. The summed E-state index contributed by atoms with van der Waals surface area (Å²) < 4.78 is 10.1. The molecule has 0 aliphatic carbocycles. The number of ether oxygens (including phenoxy) is 2. The summed E-state index contributed by atoms with van der Waals surface area (Å²) in [4.78, 5) is 34.7. The first-order valence-corrected chi connectivity index (χ1v) is 8.11. The molecule has 6 heteroatoms. The van der Waals surface area contributed by atoms with E-state index in [4.69, 9.17) is 9.47 Å². The topological polar surface area (TPSA) is 81.7 Å². The van der Waals surface area contributed by atoms with E-state index in [1.54, 1.807) is 30.3 Å². The van der Waals surface area contributed by atoms with E-state index in [1.807, 2.05) is 26.0 Å². The summed E-state index contributed by atoms with van der Waals surface area (Å²) in [6.45, 7) is 4.69. The van der Waals surface area contributed by atoms with Gasteiger partial charge in [0, 0.05) is 11.3 Å². The third-order valence-corrected chi connectivity index (χ3v) is 3.77. The number of rotatable bonds is 7. The van der Waals surface area contributed by atoms with Gasteiger partial charge < -0.3 is 14.8 Å². The Morgan fingerprint density at radius 2 is 1.62 bits per heavy atom. The highest BCUT2D eigenvalue weighted by Gasteiger charge is 2.09. The van der Waals surface area contributed by atoms with Crippen molar-refractivity contribution in [1.29, 1.82) is 0 Å². The molecule has 26 heavy (non-hydrogen) atoms. The van der Waals surface area contributed by atoms with Crippen LogP contribution < -0.4 is 10.1 Å². The van der Waals surface area contributed by atoms with E-state index in [1.165, 1.54) is 6.92 Å². The van der Waals surface area contributed by atoms with Crippen LogP contribution in [0.1, 0.15) is 28.4 Å². The second-order valence-electron chi connectivity index (χ2n) is 5.88. The van der Waals surface area contributed by atoms with Gasteiger partial charge in [0.2, 0.25) is 0 Å². The summed E-state index contributed by atoms with van der Waals surface area (Å²) in [6, 6.07) is 12.0. The average Bonchev–Trinajstić information content (AvgIpc) is 2.61. The van der Waals surface area contributed by atoms with E-state index in [0.29, 0.717) is 17.0 Å². The Balaban J connectivity index is 1.74. The van der Waals surface area contributed by atoms with Gasteiger partial charge in [0.15, 0.2) is 19.0 Å². The van der Waals surface area contributed by atoms with Crippen molar-refractivity contribution in [2.45, 2.75) is 20.8 Å². The van der Waals surface area contributed by atoms with E-state index < -0.39 is 18.5 Å². The van der Waals surface area contributed by atoms with E-state index >= 15 is 0 Å². The minimum atomic E-state index is -0.657. The fourth-order valence-corrected chi connectivity index (χ4v) is 2.13. The second-order valence-corrected chi connectivity index (χ2v) is 5.88. The van der Waals surface area contributed by atoms with Crippen molar-refractivity contribution >= 4 is 23.3 Å². The summed E-state index contributed by atoms with van der Waals surface area (Å²) in [7, 11) is 0. The summed E-state index contributed by atoms with van der Waals surface area (Å²) in [6.07, 6.45) is 0. The maximum atomic E-state index is 11.8. The number of esters is 1. The molecule has 0 fully saturated rings. The van der Waals surface area contributed by atoms with Crippen LogP contribution in [0.3, 0.4) is 0 Å². The minimum absolute atomic E-state index is 0.0502. The van der Waals surface area contributed by atoms with Crippen molar-refractivity contribution < 1.29 is 23.9 Å². The zero-order valence-electron chi connectivity index (χ0n) is 15.0. The molecule has 0 radical (unpaired) electrons. The van der Waals surface area contributed by atoms with E-state index in [9.17, 15) is 14.4 Å². The summed E-state index contributed by atoms with van der Waals surface area (Å²) in [5.74, 6) is -0.694. The van der Waals surface area contributed by atoms with Crippen LogP contribution in [-0.2, 0) is 14.3 Å². The van der Waals surface area contributed by atoms with Gasteiger partial charge >= 0.3 is 5.97 Å². The Labute approximate surface area is 152 Å². The van der Waals surface area contributed by atoms with E-state index in [0.717, 1.165) is 11.1 Å². The van der Waals surface area contributed by atoms with Crippen molar-refractivity contribution in [1.82, 2.24) is 0 Å². The van der Waals surface area contributed by atoms with Gasteiger partial charge in [-0.05, 0) is 68.3 Å². The fourth-order valence-electron chi connectivity index (χ4n) is 2.13. The lowest BCUT2D eigenvalue weighted by molar-refractivity contribution is -0.149. The molecule has 136 valence electrons. The number of ketones is 1. The van der Waals surface area contributed by atoms with Crippen molar-refractivity contribution in [3.8, 4) is 5.75 Å². The van der Waals surface area contributed by atoms with Crippen LogP contribution in [0.5, 0.6) is 5.75 Å². The molecule has 0 heterocycles. The van der Waals surface area contributed by atoms with Crippen LogP contribution in [0.15, 0.2) is 42.5 Å². The number of benzene rings is 2. The van der Waals surface area contributed by atoms with Gasteiger partial charge in [-0.3, -0.25) is 9.59 Å². The summed E-state index contributed by atoms with van der Waals surface area (Å²) in [5.41, 5.74) is 3.39. The lowest BCUT2D eigenvalue weighted by Crippen LogP contribution is -2.23. The molecule has 2 aromatic carbocycles. The van der Waals surface area contributed by atoms with Crippen molar-refractivity contribution in [2.75, 3.05) is 18.5 Å². The van der Waals surface area contributed by atoms with Crippen LogP contribution in [-0.4, -0.2) is 30.9 Å². The minimum Gasteiger partial charge on any atom is -0.482 e. The molecule has 0 spiro atoms. The Kier molecular flexibility index (Phi) is 6.49. The van der Waals surface area contributed by atoms with E-state index in [2.05, 4.69) is 5.32 Å². The fraction of sp³-hybridized carbons (Fsp3) is 0.250. The molecule has 1 N–H and O–H groups in total.